The number of hydrogen-bond acceptors (Lipinski definition) is 1. The Morgan fingerprint density at radius 3 is 1.57 bits per heavy atom. The minimum absolute atomic E-state index is 0.481. The van der Waals surface area contributed by atoms with Gasteiger partial charge in [-0.15, -0.1) is 0 Å². The second kappa shape index (κ2) is 10.6. The van der Waals surface area contributed by atoms with E-state index in [4.69, 9.17) is 4.98 Å². The summed E-state index contributed by atoms with van der Waals surface area (Å²) in [6.45, 7) is 0. The average Bonchev–Trinajstić information content (AvgIpc) is 3.84. The third kappa shape index (κ3) is 3.73. The molecule has 0 bridgehead atoms. The smallest absolute Gasteiger partial charge is 0.0726 e. The van der Waals surface area contributed by atoms with Crippen LogP contribution in [0.25, 0.3) is 88.9 Å². The minimum atomic E-state index is -0.481. The molecular formula is C52H31N. The van der Waals surface area contributed by atoms with E-state index in [1.807, 2.05) is 0 Å². The Balaban J connectivity index is 1.19. The van der Waals surface area contributed by atoms with E-state index in [1.165, 1.54) is 83.1 Å². The first kappa shape index (κ1) is 28.8. The summed E-state index contributed by atoms with van der Waals surface area (Å²) >= 11 is 0. The molecule has 9 aromatic rings. The van der Waals surface area contributed by atoms with Gasteiger partial charge in [0.15, 0.2) is 0 Å². The second-order valence-corrected chi connectivity index (χ2v) is 14.5. The van der Waals surface area contributed by atoms with Crippen LogP contribution in [0.15, 0.2) is 188 Å². The van der Waals surface area contributed by atoms with E-state index < -0.39 is 5.41 Å². The van der Waals surface area contributed by atoms with E-state index >= 15 is 0 Å². The first-order valence-corrected chi connectivity index (χ1v) is 18.5. The molecule has 0 N–H and O–H groups in total. The Hall–Kier alpha value is -6.83. The SMILES string of the molecule is c1ccc(-c2cc(-c3ccccc3)nc(-c3cccc4c3-c3ccccc3C43c4ccccc4-c4c3cc3c5c(cccc45)-c4ccccc4-3)c2)cc1. The number of nitrogens with zero attached hydrogens (tertiary/aromatic N) is 1. The number of hydrogen-bond donors (Lipinski definition) is 0. The van der Waals surface area contributed by atoms with Gasteiger partial charge in [-0.3, -0.25) is 0 Å². The van der Waals surface area contributed by atoms with Gasteiger partial charge in [0.1, 0.15) is 0 Å². The van der Waals surface area contributed by atoms with E-state index in [2.05, 4.69) is 188 Å². The Morgan fingerprint density at radius 1 is 0.302 bits per heavy atom. The maximum Gasteiger partial charge on any atom is 0.0726 e. The van der Waals surface area contributed by atoms with Crippen molar-refractivity contribution in [1.29, 1.82) is 0 Å². The Labute approximate surface area is 308 Å². The summed E-state index contributed by atoms with van der Waals surface area (Å²) in [4.78, 5) is 5.45. The normalized spacial score (nSPS) is 15.2. The predicted molar refractivity (Wildman–Crippen MR) is 219 cm³/mol. The van der Waals surface area contributed by atoms with Crippen LogP contribution in [-0.4, -0.2) is 4.98 Å². The van der Waals surface area contributed by atoms with Gasteiger partial charge >= 0.3 is 0 Å². The van der Waals surface area contributed by atoms with Crippen molar-refractivity contribution in [3.8, 4) is 78.1 Å². The molecule has 1 aromatic heterocycles. The van der Waals surface area contributed by atoms with Gasteiger partial charge in [0, 0.05) is 11.1 Å². The first-order valence-electron chi connectivity index (χ1n) is 18.5. The lowest BCUT2D eigenvalue weighted by Gasteiger charge is -2.31. The van der Waals surface area contributed by atoms with Gasteiger partial charge in [-0.05, 0) is 107 Å². The van der Waals surface area contributed by atoms with Crippen molar-refractivity contribution < 1.29 is 0 Å². The first-order chi connectivity index (χ1) is 26.3. The molecule has 0 amide bonds. The molecule has 1 spiro atoms. The van der Waals surface area contributed by atoms with E-state index in [1.54, 1.807) is 0 Å². The zero-order valence-electron chi connectivity index (χ0n) is 28.8. The van der Waals surface area contributed by atoms with Gasteiger partial charge in [0.25, 0.3) is 0 Å². The second-order valence-electron chi connectivity index (χ2n) is 14.5. The van der Waals surface area contributed by atoms with Crippen LogP contribution in [0.3, 0.4) is 0 Å². The van der Waals surface area contributed by atoms with Crippen LogP contribution in [0.1, 0.15) is 22.3 Å². The summed E-state index contributed by atoms with van der Waals surface area (Å²) in [5.41, 5.74) is 22.0. The maximum absolute atomic E-state index is 5.45. The molecule has 0 radical (unpaired) electrons. The topological polar surface area (TPSA) is 12.9 Å². The maximum atomic E-state index is 5.45. The van der Waals surface area contributed by atoms with Crippen molar-refractivity contribution in [3.63, 3.8) is 0 Å². The lowest BCUT2D eigenvalue weighted by atomic mass is 9.70. The van der Waals surface area contributed by atoms with Crippen LogP contribution in [0.2, 0.25) is 0 Å². The summed E-state index contributed by atoms with van der Waals surface area (Å²) in [7, 11) is 0. The van der Waals surface area contributed by atoms with Gasteiger partial charge < -0.3 is 0 Å². The molecule has 1 heterocycles. The highest BCUT2D eigenvalue weighted by Crippen LogP contribution is 2.66. The van der Waals surface area contributed by atoms with Crippen molar-refractivity contribution >= 4 is 10.8 Å². The molecule has 0 saturated heterocycles. The third-order valence-electron chi connectivity index (χ3n) is 12.0. The van der Waals surface area contributed by atoms with E-state index in [-0.39, 0.29) is 0 Å². The van der Waals surface area contributed by atoms with Gasteiger partial charge in [0.2, 0.25) is 0 Å². The summed E-state index contributed by atoms with van der Waals surface area (Å²) in [5.74, 6) is 0. The van der Waals surface area contributed by atoms with Crippen LogP contribution >= 0.6 is 0 Å². The number of aromatic nitrogens is 1. The molecule has 0 saturated carbocycles. The highest BCUT2D eigenvalue weighted by atomic mass is 14.7. The minimum Gasteiger partial charge on any atom is -0.248 e. The largest absolute Gasteiger partial charge is 0.248 e. The molecule has 3 aliphatic rings. The summed E-state index contributed by atoms with van der Waals surface area (Å²) in [5, 5.41) is 2.71. The number of fused-ring (bicyclic) bond motifs is 14. The highest BCUT2D eigenvalue weighted by Gasteiger charge is 2.53. The summed E-state index contributed by atoms with van der Waals surface area (Å²) in [6.07, 6.45) is 0. The fraction of sp³-hybridized carbons (Fsp3) is 0.0192. The predicted octanol–water partition coefficient (Wildman–Crippen LogP) is 13.2. The van der Waals surface area contributed by atoms with Gasteiger partial charge in [-0.2, -0.15) is 0 Å². The molecule has 0 aliphatic heterocycles. The van der Waals surface area contributed by atoms with Crippen molar-refractivity contribution in [2.45, 2.75) is 5.41 Å². The molecule has 1 nitrogen and oxygen atoms in total. The zero-order chi connectivity index (χ0) is 34.7. The molecule has 1 unspecified atom stereocenters. The molecule has 0 fully saturated rings. The van der Waals surface area contributed by atoms with E-state index in [9.17, 15) is 0 Å². The third-order valence-corrected chi connectivity index (χ3v) is 12.0. The molecule has 244 valence electrons. The number of rotatable bonds is 3. The standard InChI is InChI=1S/C52H31N/c1-3-15-32(16-4-1)34-29-47(33-17-5-2-6-18-33)53-48(30-34)40-24-14-28-45-50(40)38-21-9-11-26-43(38)52(45)44-27-12-10-22-39(44)51-41-25-13-23-37-35-19-7-8-20-36(35)42(49(37)41)31-46(51)52/h1-31H. The van der Waals surface area contributed by atoms with Gasteiger partial charge in [-0.25, -0.2) is 4.98 Å². The lowest BCUT2D eigenvalue weighted by Crippen LogP contribution is -2.26. The fourth-order valence-corrected chi connectivity index (χ4v) is 9.98. The fourth-order valence-electron chi connectivity index (χ4n) is 9.98. The molecule has 12 rings (SSSR count). The van der Waals surface area contributed by atoms with Crippen LogP contribution in [0.4, 0.5) is 0 Å². The van der Waals surface area contributed by atoms with Crippen LogP contribution in [-0.2, 0) is 5.41 Å². The van der Waals surface area contributed by atoms with Crippen LogP contribution < -0.4 is 0 Å². The van der Waals surface area contributed by atoms with Crippen molar-refractivity contribution in [3.05, 3.63) is 210 Å². The van der Waals surface area contributed by atoms with Crippen LogP contribution in [0.5, 0.6) is 0 Å². The van der Waals surface area contributed by atoms with Crippen LogP contribution in [0, 0.1) is 0 Å². The van der Waals surface area contributed by atoms with E-state index in [0.717, 1.165) is 28.1 Å². The highest BCUT2D eigenvalue weighted by molar-refractivity contribution is 6.21. The Morgan fingerprint density at radius 2 is 0.830 bits per heavy atom. The quantitative estimate of drug-likeness (QED) is 0.182. The van der Waals surface area contributed by atoms with Gasteiger partial charge in [-0.1, -0.05) is 170 Å². The van der Waals surface area contributed by atoms with Crippen molar-refractivity contribution in [2.75, 3.05) is 0 Å². The Bertz CT molecular complexity index is 2930. The molecule has 1 heteroatoms. The molecule has 1 atom stereocenters. The molecule has 3 aliphatic carbocycles. The van der Waals surface area contributed by atoms with Gasteiger partial charge in [0.05, 0.1) is 16.8 Å². The lowest BCUT2D eigenvalue weighted by molar-refractivity contribution is 0.795. The summed E-state index contributed by atoms with van der Waals surface area (Å²) in [6, 6.07) is 69.4. The van der Waals surface area contributed by atoms with Crippen molar-refractivity contribution in [1.82, 2.24) is 4.98 Å². The monoisotopic (exact) mass is 669 g/mol. The summed E-state index contributed by atoms with van der Waals surface area (Å²) < 4.78 is 0. The number of pyridine rings is 1. The number of benzene rings is 8. The molecule has 8 aromatic carbocycles. The molecular weight excluding hydrogens is 639 g/mol. The Kier molecular flexibility index (Phi) is 5.77. The zero-order valence-corrected chi connectivity index (χ0v) is 28.8. The molecule has 53 heavy (non-hydrogen) atoms. The van der Waals surface area contributed by atoms with Crippen molar-refractivity contribution in [2.24, 2.45) is 0 Å². The average molecular weight is 670 g/mol. The van der Waals surface area contributed by atoms with E-state index in [0.29, 0.717) is 0 Å².